The highest BCUT2D eigenvalue weighted by Crippen LogP contribution is 2.52. The minimum Gasteiger partial charge on any atom is -0.354 e. The fraction of sp³-hybridized carbons (Fsp3) is 0. The van der Waals surface area contributed by atoms with Gasteiger partial charge in [-0.1, -0.05) is 115 Å². The normalized spacial score (nSPS) is 12.3. The Balaban J connectivity index is 1.02. The molecule has 13 aromatic rings. The van der Waals surface area contributed by atoms with Gasteiger partial charge in [0, 0.05) is 94.9 Å². The molecule has 1 N–H and O–H groups in total. The molecule has 0 saturated heterocycles. The van der Waals surface area contributed by atoms with E-state index in [-0.39, 0.29) is 0 Å². The van der Waals surface area contributed by atoms with Crippen LogP contribution in [0.5, 0.6) is 0 Å². The molecule has 0 fully saturated rings. The molecule has 0 unspecified atom stereocenters. The summed E-state index contributed by atoms with van der Waals surface area (Å²) in [5.41, 5.74) is 13.2. The third-order valence-electron chi connectivity index (χ3n) is 13.0. The van der Waals surface area contributed by atoms with Crippen molar-refractivity contribution in [3.63, 3.8) is 0 Å². The average molecular weight is 855 g/mol. The summed E-state index contributed by atoms with van der Waals surface area (Å²) in [6.45, 7) is 0. The van der Waals surface area contributed by atoms with Gasteiger partial charge < -0.3 is 10.2 Å². The second-order valence-corrected chi connectivity index (χ2v) is 19.7. The van der Waals surface area contributed by atoms with E-state index in [1.54, 1.807) is 0 Å². The Morgan fingerprint density at radius 2 is 0.905 bits per heavy atom. The first-order valence-corrected chi connectivity index (χ1v) is 23.8. The van der Waals surface area contributed by atoms with Crippen LogP contribution in [0.15, 0.2) is 200 Å². The Bertz CT molecular complexity index is 4000. The van der Waals surface area contributed by atoms with E-state index in [9.17, 15) is 0 Å². The first-order chi connectivity index (χ1) is 31.2. The maximum absolute atomic E-state index is 3.72. The van der Waals surface area contributed by atoms with E-state index >= 15 is 0 Å². The maximum Gasteiger partial charge on any atom is 0.0646 e. The van der Waals surface area contributed by atoms with E-state index in [0.717, 1.165) is 17.1 Å². The molecule has 4 heterocycles. The lowest BCUT2D eigenvalue weighted by molar-refractivity contribution is 1.31. The quantitative estimate of drug-likeness (QED) is 0.186. The van der Waals surface area contributed by atoms with Gasteiger partial charge in [-0.05, 0) is 113 Å². The number of hydrogen-bond donors (Lipinski definition) is 1. The molecular weight excluding hydrogens is 821 g/mol. The molecule has 14 rings (SSSR count). The van der Waals surface area contributed by atoms with Crippen molar-refractivity contribution < 1.29 is 0 Å². The lowest BCUT2D eigenvalue weighted by atomic mass is 9.90. The summed E-state index contributed by atoms with van der Waals surface area (Å²) in [6, 6.07) is 74.4. The summed E-state index contributed by atoms with van der Waals surface area (Å²) >= 11 is 5.66. The number of para-hydroxylation sites is 1. The first-order valence-electron chi connectivity index (χ1n) is 21.3. The number of thiophene rings is 3. The molecular formula is C58H34N2S3. The fourth-order valence-corrected chi connectivity index (χ4v) is 13.5. The Morgan fingerprint density at radius 1 is 0.317 bits per heavy atom. The predicted molar refractivity (Wildman–Crippen MR) is 277 cm³/mol. The van der Waals surface area contributed by atoms with Crippen LogP contribution >= 0.6 is 34.0 Å². The molecule has 0 amide bonds. The summed E-state index contributed by atoms with van der Waals surface area (Å²) < 4.78 is 7.82. The Morgan fingerprint density at radius 3 is 1.78 bits per heavy atom. The summed E-state index contributed by atoms with van der Waals surface area (Å²) in [4.78, 5) is 2.50. The van der Waals surface area contributed by atoms with Crippen molar-refractivity contribution in [3.8, 4) is 33.4 Å². The molecule has 0 atom stereocenters. The van der Waals surface area contributed by atoms with Gasteiger partial charge in [-0.15, -0.1) is 34.0 Å². The van der Waals surface area contributed by atoms with Gasteiger partial charge in [0.25, 0.3) is 0 Å². The van der Waals surface area contributed by atoms with Crippen LogP contribution < -0.4 is 10.2 Å². The van der Waals surface area contributed by atoms with E-state index in [1.807, 2.05) is 34.0 Å². The van der Waals surface area contributed by atoms with Crippen molar-refractivity contribution in [2.45, 2.75) is 0 Å². The molecule has 294 valence electrons. The van der Waals surface area contributed by atoms with Crippen LogP contribution in [0.1, 0.15) is 0 Å². The van der Waals surface area contributed by atoms with Crippen molar-refractivity contribution in [2.24, 2.45) is 0 Å². The highest BCUT2D eigenvalue weighted by molar-refractivity contribution is 7.27. The Kier molecular flexibility index (Phi) is 7.63. The maximum atomic E-state index is 3.72. The molecule has 0 radical (unpaired) electrons. The minimum atomic E-state index is 1.12. The van der Waals surface area contributed by atoms with E-state index < -0.39 is 0 Å². The highest BCUT2D eigenvalue weighted by Gasteiger charge is 2.24. The van der Waals surface area contributed by atoms with Crippen molar-refractivity contribution >= 4 is 134 Å². The zero-order valence-corrected chi connectivity index (χ0v) is 36.2. The fourth-order valence-electron chi connectivity index (χ4n) is 10.0. The third-order valence-corrected chi connectivity index (χ3v) is 16.5. The summed E-state index contributed by atoms with van der Waals surface area (Å²) in [5.74, 6) is 0. The number of anilines is 5. The second-order valence-electron chi connectivity index (χ2n) is 16.5. The molecule has 63 heavy (non-hydrogen) atoms. The Hall–Kier alpha value is -7.28. The zero-order valence-electron chi connectivity index (χ0n) is 33.7. The van der Waals surface area contributed by atoms with E-state index in [2.05, 4.69) is 210 Å². The molecule has 0 bridgehead atoms. The van der Waals surface area contributed by atoms with Gasteiger partial charge in [0.15, 0.2) is 0 Å². The number of nitrogens with one attached hydrogen (secondary N) is 1. The van der Waals surface area contributed by atoms with Crippen LogP contribution in [0, 0.1) is 0 Å². The van der Waals surface area contributed by atoms with Gasteiger partial charge in [0.2, 0.25) is 0 Å². The number of benzene rings is 10. The SMILES string of the molecule is c1ccc(-c2ccc(N(c3ccc4sc5ccccc5c4c3)c3cc(-c4ccc5sc6c7cccc8c7c(cc6c5c4)-c4ccccc4N8)cc4c3sc3ccccc34)cc2)cc1. The number of rotatable bonds is 5. The highest BCUT2D eigenvalue weighted by atomic mass is 32.1. The number of hydrogen-bond acceptors (Lipinski definition) is 5. The Labute approximate surface area is 375 Å². The molecule has 0 aliphatic carbocycles. The van der Waals surface area contributed by atoms with E-state index in [0.29, 0.717) is 0 Å². The number of nitrogens with zero attached hydrogens (tertiary/aromatic N) is 1. The topological polar surface area (TPSA) is 15.3 Å². The van der Waals surface area contributed by atoms with Crippen LogP contribution in [-0.2, 0) is 0 Å². The standard InChI is InChI=1S/C58H34N2S3/c1-2-11-34(12-3-1)35-21-24-38(25-22-35)60(39-26-28-54-45(32-39)41-14-5-8-19-52(41)61-54)51-31-37(30-47-42-15-6-9-20-53(42)63-58(47)51)36-23-27-55-44(29-36)48-33-46-40-13-4-7-17-49(40)59-50-18-10-16-43(56(46)50)57(48)62-55/h1-33,59H. The van der Waals surface area contributed by atoms with Gasteiger partial charge in [-0.2, -0.15) is 0 Å². The van der Waals surface area contributed by atoms with Crippen molar-refractivity contribution in [1.82, 2.24) is 0 Å². The van der Waals surface area contributed by atoms with Gasteiger partial charge >= 0.3 is 0 Å². The zero-order chi connectivity index (χ0) is 41.2. The largest absolute Gasteiger partial charge is 0.354 e. The summed E-state index contributed by atoms with van der Waals surface area (Å²) in [6.07, 6.45) is 0. The van der Waals surface area contributed by atoms with Gasteiger partial charge in [0.05, 0.1) is 10.4 Å². The van der Waals surface area contributed by atoms with Crippen LogP contribution in [-0.4, -0.2) is 0 Å². The molecule has 10 aromatic carbocycles. The average Bonchev–Trinajstić information content (AvgIpc) is 4.03. The molecule has 0 spiro atoms. The second kappa shape index (κ2) is 13.6. The molecule has 1 aliphatic heterocycles. The van der Waals surface area contributed by atoms with Gasteiger partial charge in [-0.25, -0.2) is 0 Å². The van der Waals surface area contributed by atoms with E-state index in [1.165, 1.54) is 116 Å². The number of fused-ring (bicyclic) bond motifs is 12. The smallest absolute Gasteiger partial charge is 0.0646 e. The van der Waals surface area contributed by atoms with Crippen LogP contribution in [0.25, 0.3) is 105 Å². The first kappa shape index (κ1) is 35.3. The van der Waals surface area contributed by atoms with Gasteiger partial charge in [0.1, 0.15) is 0 Å². The van der Waals surface area contributed by atoms with Crippen molar-refractivity contribution in [3.05, 3.63) is 200 Å². The van der Waals surface area contributed by atoms with Gasteiger partial charge in [-0.3, -0.25) is 0 Å². The lowest BCUT2D eigenvalue weighted by Crippen LogP contribution is -2.10. The predicted octanol–water partition coefficient (Wildman–Crippen LogP) is 18.5. The molecule has 2 nitrogen and oxygen atoms in total. The van der Waals surface area contributed by atoms with Crippen LogP contribution in [0.2, 0.25) is 0 Å². The minimum absolute atomic E-state index is 1.12. The summed E-state index contributed by atoms with van der Waals surface area (Å²) in [5, 5.41) is 14.1. The monoisotopic (exact) mass is 854 g/mol. The third kappa shape index (κ3) is 5.41. The van der Waals surface area contributed by atoms with Crippen LogP contribution in [0.3, 0.4) is 0 Å². The molecule has 5 heteroatoms. The molecule has 1 aliphatic rings. The summed E-state index contributed by atoms with van der Waals surface area (Å²) in [7, 11) is 0. The molecule has 3 aromatic heterocycles. The van der Waals surface area contributed by atoms with Crippen molar-refractivity contribution in [1.29, 1.82) is 0 Å². The van der Waals surface area contributed by atoms with E-state index in [4.69, 9.17) is 0 Å². The van der Waals surface area contributed by atoms with Crippen molar-refractivity contribution in [2.75, 3.05) is 10.2 Å². The molecule has 0 saturated carbocycles. The lowest BCUT2D eigenvalue weighted by Gasteiger charge is -2.27. The van der Waals surface area contributed by atoms with Crippen LogP contribution in [0.4, 0.5) is 28.4 Å².